The largest absolute Gasteiger partial charge is 0.454 e. The van der Waals surface area contributed by atoms with Crippen LogP contribution in [-0.2, 0) is 11.3 Å². The molecule has 0 amide bonds. The Morgan fingerprint density at radius 3 is 2.62 bits per heavy atom. The van der Waals surface area contributed by atoms with Gasteiger partial charge in [-0.05, 0) is 44.5 Å². The van der Waals surface area contributed by atoms with Crippen LogP contribution >= 0.6 is 11.3 Å². The number of hydrogen-bond acceptors (Lipinski definition) is 8. The van der Waals surface area contributed by atoms with E-state index >= 15 is 0 Å². The Morgan fingerprint density at radius 1 is 1.16 bits per heavy atom. The molecular formula is C22H20N2O7S. The number of benzene rings is 1. The van der Waals surface area contributed by atoms with E-state index in [0.717, 1.165) is 28.3 Å². The van der Waals surface area contributed by atoms with Crippen LogP contribution in [0.3, 0.4) is 0 Å². The van der Waals surface area contributed by atoms with Crippen molar-refractivity contribution in [3.8, 4) is 11.5 Å². The van der Waals surface area contributed by atoms with Crippen LogP contribution in [0.2, 0.25) is 0 Å². The van der Waals surface area contributed by atoms with Crippen molar-refractivity contribution in [3.05, 3.63) is 72.7 Å². The van der Waals surface area contributed by atoms with Gasteiger partial charge in [0.25, 0.3) is 5.69 Å². The van der Waals surface area contributed by atoms with Crippen molar-refractivity contribution in [2.24, 2.45) is 0 Å². The van der Waals surface area contributed by atoms with Crippen molar-refractivity contribution < 1.29 is 28.7 Å². The van der Waals surface area contributed by atoms with E-state index in [1.54, 1.807) is 13.0 Å². The summed E-state index contributed by atoms with van der Waals surface area (Å²) in [6.45, 7) is 5.59. The molecule has 0 fully saturated rings. The van der Waals surface area contributed by atoms with Gasteiger partial charge in [-0.2, -0.15) is 0 Å². The van der Waals surface area contributed by atoms with E-state index in [4.69, 9.17) is 14.2 Å². The summed E-state index contributed by atoms with van der Waals surface area (Å²) in [6, 6.07) is 8.64. The number of aromatic nitrogens is 1. The molecule has 1 aliphatic heterocycles. The minimum Gasteiger partial charge on any atom is -0.454 e. The van der Waals surface area contributed by atoms with Crippen LogP contribution in [0.5, 0.6) is 11.5 Å². The van der Waals surface area contributed by atoms with Gasteiger partial charge in [0.1, 0.15) is 4.88 Å². The second kappa shape index (κ2) is 8.46. The average molecular weight is 456 g/mol. The second-order valence-electron chi connectivity index (χ2n) is 7.37. The number of carbonyl (C=O) groups excluding carboxylic acids is 2. The number of hydrogen-bond donors (Lipinski definition) is 0. The fourth-order valence-corrected chi connectivity index (χ4v) is 4.46. The van der Waals surface area contributed by atoms with Crippen molar-refractivity contribution in [3.63, 3.8) is 0 Å². The van der Waals surface area contributed by atoms with Crippen LogP contribution < -0.4 is 9.47 Å². The van der Waals surface area contributed by atoms with E-state index in [2.05, 4.69) is 0 Å². The molecule has 0 atom stereocenters. The lowest BCUT2D eigenvalue weighted by Crippen LogP contribution is -2.14. The number of ketones is 1. The summed E-state index contributed by atoms with van der Waals surface area (Å²) in [6.07, 6.45) is 0. The molecule has 0 unspecified atom stereocenters. The zero-order valence-corrected chi connectivity index (χ0v) is 18.5. The van der Waals surface area contributed by atoms with Gasteiger partial charge < -0.3 is 18.8 Å². The normalized spacial score (nSPS) is 12.1. The van der Waals surface area contributed by atoms with Crippen LogP contribution in [0, 0.1) is 30.9 Å². The molecule has 0 saturated heterocycles. The molecule has 0 aliphatic carbocycles. The van der Waals surface area contributed by atoms with Gasteiger partial charge in [-0.15, -0.1) is 11.3 Å². The number of nitro groups is 1. The predicted molar refractivity (Wildman–Crippen MR) is 116 cm³/mol. The molecule has 0 N–H and O–H groups in total. The van der Waals surface area contributed by atoms with E-state index in [1.807, 2.05) is 36.6 Å². The minimum absolute atomic E-state index is 0.0929. The Labute approximate surface area is 187 Å². The van der Waals surface area contributed by atoms with Gasteiger partial charge in [-0.3, -0.25) is 14.9 Å². The maximum Gasteiger partial charge on any atom is 0.349 e. The molecule has 1 aliphatic rings. The number of ether oxygens (including phenoxy) is 3. The lowest BCUT2D eigenvalue weighted by atomic mass is 10.1. The molecule has 166 valence electrons. The van der Waals surface area contributed by atoms with Crippen molar-refractivity contribution in [1.29, 1.82) is 0 Å². The fraction of sp³-hybridized carbons (Fsp3) is 0.273. The number of Topliss-reactive ketones (excluding diaryl/α,β-unsaturated/α-hetero) is 1. The lowest BCUT2D eigenvalue weighted by Gasteiger charge is -2.11. The molecule has 0 spiro atoms. The van der Waals surface area contributed by atoms with Gasteiger partial charge in [-0.25, -0.2) is 4.79 Å². The third kappa shape index (κ3) is 4.09. The predicted octanol–water partition coefficient (Wildman–Crippen LogP) is 4.20. The fourth-order valence-electron chi connectivity index (χ4n) is 3.58. The zero-order chi connectivity index (χ0) is 23.0. The van der Waals surface area contributed by atoms with Crippen LogP contribution in [0.4, 0.5) is 5.69 Å². The second-order valence-corrected chi connectivity index (χ2v) is 8.62. The summed E-state index contributed by atoms with van der Waals surface area (Å²) in [5.74, 6) is 0.302. The molecule has 0 bridgehead atoms. The summed E-state index contributed by atoms with van der Waals surface area (Å²) in [4.78, 5) is 35.9. The number of aryl methyl sites for hydroxylation is 2. The van der Waals surface area contributed by atoms with Gasteiger partial charge in [0.2, 0.25) is 12.6 Å². The van der Waals surface area contributed by atoms with Gasteiger partial charge in [-0.1, -0.05) is 6.07 Å². The first-order valence-electron chi connectivity index (χ1n) is 9.75. The Kier molecular flexibility index (Phi) is 5.70. The number of thiophene rings is 1. The lowest BCUT2D eigenvalue weighted by molar-refractivity contribution is -0.385. The number of rotatable bonds is 7. The number of carbonyl (C=O) groups is 2. The van der Waals surface area contributed by atoms with Crippen molar-refractivity contribution in [1.82, 2.24) is 4.57 Å². The molecule has 4 rings (SSSR count). The monoisotopic (exact) mass is 456 g/mol. The standard InChI is InChI=1S/C22H20N2O7S/c1-12-6-16(13(2)23(12)9-15-4-5-19-20(7-15)31-11-30-19)18(25)10-29-22(26)21-8-17(24(27)28)14(3)32-21/h4-8H,9-11H2,1-3H3. The van der Waals surface area contributed by atoms with Crippen molar-refractivity contribution in [2.75, 3.05) is 13.4 Å². The van der Waals surface area contributed by atoms with Crippen LogP contribution in [0.1, 0.15) is 41.9 Å². The van der Waals surface area contributed by atoms with E-state index in [0.29, 0.717) is 28.5 Å². The summed E-state index contributed by atoms with van der Waals surface area (Å²) in [5.41, 5.74) is 2.96. The highest BCUT2D eigenvalue weighted by Crippen LogP contribution is 2.33. The van der Waals surface area contributed by atoms with Crippen molar-refractivity contribution in [2.45, 2.75) is 27.3 Å². The van der Waals surface area contributed by atoms with Crippen LogP contribution in [0.25, 0.3) is 0 Å². The quantitative estimate of drug-likeness (QED) is 0.227. The summed E-state index contributed by atoms with van der Waals surface area (Å²) >= 11 is 0.967. The highest BCUT2D eigenvalue weighted by atomic mass is 32.1. The molecule has 0 saturated carbocycles. The zero-order valence-electron chi connectivity index (χ0n) is 17.7. The molecule has 0 radical (unpaired) electrons. The van der Waals surface area contributed by atoms with E-state index in [9.17, 15) is 19.7 Å². The van der Waals surface area contributed by atoms with E-state index in [1.165, 1.54) is 6.07 Å². The molecular weight excluding hydrogens is 436 g/mol. The molecule has 3 aromatic rings. The first kappa shape index (κ1) is 21.6. The highest BCUT2D eigenvalue weighted by molar-refractivity contribution is 7.14. The molecule has 3 heterocycles. The van der Waals surface area contributed by atoms with Crippen LogP contribution in [0.15, 0.2) is 30.3 Å². The van der Waals surface area contributed by atoms with Gasteiger partial charge in [0.05, 0.1) is 9.80 Å². The Bertz CT molecular complexity index is 1240. The number of nitrogens with zero attached hydrogens (tertiary/aromatic N) is 2. The first-order valence-corrected chi connectivity index (χ1v) is 10.6. The smallest absolute Gasteiger partial charge is 0.349 e. The summed E-state index contributed by atoms with van der Waals surface area (Å²) in [7, 11) is 0. The molecule has 1 aromatic carbocycles. The van der Waals surface area contributed by atoms with E-state index in [-0.39, 0.29) is 23.1 Å². The molecule has 32 heavy (non-hydrogen) atoms. The topological polar surface area (TPSA) is 110 Å². The molecule has 9 nitrogen and oxygen atoms in total. The summed E-state index contributed by atoms with van der Waals surface area (Å²) < 4.78 is 17.9. The van der Waals surface area contributed by atoms with E-state index < -0.39 is 17.5 Å². The highest BCUT2D eigenvalue weighted by Gasteiger charge is 2.23. The van der Waals surface area contributed by atoms with Gasteiger partial charge >= 0.3 is 5.97 Å². The maximum atomic E-state index is 12.7. The first-order chi connectivity index (χ1) is 15.2. The van der Waals surface area contributed by atoms with Crippen LogP contribution in [-0.4, -0.2) is 34.6 Å². The molecule has 2 aromatic heterocycles. The Morgan fingerprint density at radius 2 is 1.91 bits per heavy atom. The Balaban J connectivity index is 1.45. The van der Waals surface area contributed by atoms with Gasteiger partial charge in [0.15, 0.2) is 18.1 Å². The Hall–Kier alpha value is -3.66. The SMILES string of the molecule is Cc1sc(C(=O)OCC(=O)c2cc(C)n(Cc3ccc4c(c3)OCO4)c2C)cc1[N+](=O)[O-]. The minimum atomic E-state index is -0.756. The van der Waals surface area contributed by atoms with Gasteiger partial charge in [0, 0.05) is 29.6 Å². The number of esters is 1. The third-order valence-corrected chi connectivity index (χ3v) is 6.30. The summed E-state index contributed by atoms with van der Waals surface area (Å²) in [5, 5.41) is 11.0. The third-order valence-electron chi connectivity index (χ3n) is 5.28. The van der Waals surface area contributed by atoms with Crippen molar-refractivity contribution >= 4 is 28.8 Å². The molecule has 10 heteroatoms. The number of fused-ring (bicyclic) bond motifs is 1. The average Bonchev–Trinajstić information content (AvgIpc) is 3.45. The maximum absolute atomic E-state index is 12.7.